The third kappa shape index (κ3) is 15.4. The van der Waals surface area contributed by atoms with E-state index in [2.05, 4.69) is 6.92 Å². The van der Waals surface area contributed by atoms with Crippen LogP contribution in [0.5, 0.6) is 0 Å². The maximum absolute atomic E-state index is 10.6. The Balaban J connectivity index is 3.14. The van der Waals surface area contributed by atoms with E-state index in [4.69, 9.17) is 9.47 Å². The van der Waals surface area contributed by atoms with Crippen molar-refractivity contribution < 1.29 is 14.3 Å². The molecule has 19 heavy (non-hydrogen) atoms. The zero-order valence-electron chi connectivity index (χ0n) is 13.1. The van der Waals surface area contributed by atoms with E-state index in [0.29, 0.717) is 6.61 Å². The van der Waals surface area contributed by atoms with Gasteiger partial charge in [-0.2, -0.15) is 0 Å². The van der Waals surface area contributed by atoms with Crippen LogP contribution in [0.3, 0.4) is 0 Å². The molecule has 0 aromatic rings. The van der Waals surface area contributed by atoms with E-state index >= 15 is 0 Å². The number of esters is 1. The van der Waals surface area contributed by atoms with Crippen LogP contribution in [0.15, 0.2) is 0 Å². The third-order valence-corrected chi connectivity index (χ3v) is 3.23. The number of hydrogen-bond donors (Lipinski definition) is 0. The number of ether oxygens (including phenoxy) is 2. The molecule has 0 aliphatic heterocycles. The molecule has 3 nitrogen and oxygen atoms in total. The van der Waals surface area contributed by atoms with Gasteiger partial charge < -0.3 is 9.47 Å². The second kappa shape index (κ2) is 13.9. The first-order valence-electron chi connectivity index (χ1n) is 7.91. The van der Waals surface area contributed by atoms with Crippen LogP contribution in [0.4, 0.5) is 0 Å². The Morgan fingerprint density at radius 1 is 0.947 bits per heavy atom. The summed E-state index contributed by atoms with van der Waals surface area (Å²) in [5.74, 6) is -0.213. The Bertz CT molecular complexity index is 204. The van der Waals surface area contributed by atoms with Crippen molar-refractivity contribution in [2.75, 3.05) is 13.2 Å². The normalized spacial score (nSPS) is 12.4. The smallest absolute Gasteiger partial charge is 0.302 e. The van der Waals surface area contributed by atoms with Crippen LogP contribution in [0.1, 0.15) is 78.6 Å². The lowest BCUT2D eigenvalue weighted by Gasteiger charge is -2.12. The predicted octanol–water partition coefficient (Wildman–Crippen LogP) is 4.49. The molecule has 0 spiro atoms. The molecule has 0 bridgehead atoms. The average Bonchev–Trinajstić information content (AvgIpc) is 2.36. The number of unbranched alkanes of at least 4 members (excludes halogenated alkanes) is 7. The number of rotatable bonds is 13. The lowest BCUT2D eigenvalue weighted by molar-refractivity contribution is -0.141. The Morgan fingerprint density at radius 2 is 1.53 bits per heavy atom. The molecule has 114 valence electrons. The Kier molecular flexibility index (Phi) is 13.4. The molecule has 0 amide bonds. The summed E-state index contributed by atoms with van der Waals surface area (Å²) >= 11 is 0. The molecular formula is C16H32O3. The van der Waals surface area contributed by atoms with Gasteiger partial charge in [0.2, 0.25) is 0 Å². The second-order valence-corrected chi connectivity index (χ2v) is 5.29. The van der Waals surface area contributed by atoms with E-state index in [0.717, 1.165) is 19.4 Å². The number of carbonyl (C=O) groups excluding carboxylic acids is 1. The van der Waals surface area contributed by atoms with Gasteiger partial charge in [-0.3, -0.25) is 4.79 Å². The van der Waals surface area contributed by atoms with E-state index in [1.165, 1.54) is 51.9 Å². The molecule has 0 saturated carbocycles. The quantitative estimate of drug-likeness (QED) is 0.366. The van der Waals surface area contributed by atoms with E-state index < -0.39 is 0 Å². The van der Waals surface area contributed by atoms with Crippen LogP contribution in [0.2, 0.25) is 0 Å². The fourth-order valence-electron chi connectivity index (χ4n) is 1.97. The molecule has 1 unspecified atom stereocenters. The lowest BCUT2D eigenvalue weighted by Crippen LogP contribution is -2.13. The average molecular weight is 272 g/mol. The Hall–Kier alpha value is -0.570. The van der Waals surface area contributed by atoms with Gasteiger partial charge in [-0.1, -0.05) is 51.9 Å². The molecule has 0 aromatic carbocycles. The van der Waals surface area contributed by atoms with Crippen molar-refractivity contribution in [3.05, 3.63) is 0 Å². The van der Waals surface area contributed by atoms with Crippen molar-refractivity contribution in [1.29, 1.82) is 0 Å². The topological polar surface area (TPSA) is 35.5 Å². The van der Waals surface area contributed by atoms with Gasteiger partial charge in [0.25, 0.3) is 0 Å². The van der Waals surface area contributed by atoms with Crippen molar-refractivity contribution in [2.24, 2.45) is 0 Å². The zero-order valence-corrected chi connectivity index (χ0v) is 13.1. The highest BCUT2D eigenvalue weighted by atomic mass is 16.5. The molecule has 3 heteroatoms. The third-order valence-electron chi connectivity index (χ3n) is 3.23. The molecule has 1 atom stereocenters. The summed E-state index contributed by atoms with van der Waals surface area (Å²) < 4.78 is 10.6. The first-order chi connectivity index (χ1) is 9.16. The fraction of sp³-hybridized carbons (Fsp3) is 0.938. The standard InChI is InChI=1S/C16H32O3/c1-4-5-6-7-8-9-10-11-13-18-15(2)12-14-19-16(3)17/h15H,4-14H2,1-3H3. The molecule has 0 N–H and O–H groups in total. The van der Waals surface area contributed by atoms with Gasteiger partial charge in [0, 0.05) is 20.0 Å². The van der Waals surface area contributed by atoms with Gasteiger partial charge in [0.1, 0.15) is 0 Å². The summed E-state index contributed by atoms with van der Waals surface area (Å²) in [5, 5.41) is 0. The van der Waals surface area contributed by atoms with E-state index in [9.17, 15) is 4.79 Å². The van der Waals surface area contributed by atoms with Gasteiger partial charge in [-0.25, -0.2) is 0 Å². The van der Waals surface area contributed by atoms with Crippen molar-refractivity contribution in [2.45, 2.75) is 84.7 Å². The molecule has 0 aliphatic carbocycles. The van der Waals surface area contributed by atoms with Crippen LogP contribution in [0.25, 0.3) is 0 Å². The van der Waals surface area contributed by atoms with Crippen LogP contribution in [-0.2, 0) is 14.3 Å². The zero-order chi connectivity index (χ0) is 14.3. The summed E-state index contributed by atoms with van der Waals surface area (Å²) in [5.41, 5.74) is 0. The highest BCUT2D eigenvalue weighted by Gasteiger charge is 2.03. The summed E-state index contributed by atoms with van der Waals surface area (Å²) in [4.78, 5) is 10.6. The van der Waals surface area contributed by atoms with Crippen molar-refractivity contribution >= 4 is 5.97 Å². The molecule has 0 rings (SSSR count). The highest BCUT2D eigenvalue weighted by Crippen LogP contribution is 2.09. The van der Waals surface area contributed by atoms with Gasteiger partial charge in [-0.15, -0.1) is 0 Å². The molecule has 0 fully saturated rings. The Morgan fingerprint density at radius 3 is 2.11 bits per heavy atom. The maximum Gasteiger partial charge on any atom is 0.302 e. The summed E-state index contributed by atoms with van der Waals surface area (Å²) in [6.45, 7) is 7.02. The van der Waals surface area contributed by atoms with Gasteiger partial charge in [0.05, 0.1) is 12.7 Å². The van der Waals surface area contributed by atoms with E-state index in [1.54, 1.807) is 0 Å². The molecule has 0 aliphatic rings. The van der Waals surface area contributed by atoms with Crippen LogP contribution < -0.4 is 0 Å². The highest BCUT2D eigenvalue weighted by molar-refractivity contribution is 5.65. The number of hydrogen-bond acceptors (Lipinski definition) is 3. The molecule has 0 heterocycles. The minimum Gasteiger partial charge on any atom is -0.466 e. The van der Waals surface area contributed by atoms with Gasteiger partial charge >= 0.3 is 5.97 Å². The Labute approximate surface area is 119 Å². The fourth-order valence-corrected chi connectivity index (χ4v) is 1.97. The maximum atomic E-state index is 10.6. The van der Waals surface area contributed by atoms with Gasteiger partial charge in [-0.05, 0) is 13.3 Å². The van der Waals surface area contributed by atoms with Crippen molar-refractivity contribution in [1.82, 2.24) is 0 Å². The first-order valence-corrected chi connectivity index (χ1v) is 7.91. The second-order valence-electron chi connectivity index (χ2n) is 5.29. The molecule has 0 saturated heterocycles. The molecular weight excluding hydrogens is 240 g/mol. The summed E-state index contributed by atoms with van der Waals surface area (Å²) in [7, 11) is 0. The van der Waals surface area contributed by atoms with Crippen LogP contribution in [-0.4, -0.2) is 25.3 Å². The minimum atomic E-state index is -0.213. The van der Waals surface area contributed by atoms with E-state index in [-0.39, 0.29) is 12.1 Å². The molecule has 0 aromatic heterocycles. The lowest BCUT2D eigenvalue weighted by atomic mass is 10.1. The monoisotopic (exact) mass is 272 g/mol. The minimum absolute atomic E-state index is 0.184. The molecule has 0 radical (unpaired) electrons. The SMILES string of the molecule is CCCCCCCCCCOC(C)CCOC(C)=O. The predicted molar refractivity (Wildman–Crippen MR) is 79.3 cm³/mol. The van der Waals surface area contributed by atoms with Gasteiger partial charge in [0.15, 0.2) is 0 Å². The summed E-state index contributed by atoms with van der Waals surface area (Å²) in [6.07, 6.45) is 11.5. The first kappa shape index (κ1) is 18.4. The van der Waals surface area contributed by atoms with E-state index in [1.807, 2.05) is 6.92 Å². The largest absolute Gasteiger partial charge is 0.466 e. The van der Waals surface area contributed by atoms with Crippen molar-refractivity contribution in [3.63, 3.8) is 0 Å². The van der Waals surface area contributed by atoms with Crippen LogP contribution >= 0.6 is 0 Å². The van der Waals surface area contributed by atoms with Crippen LogP contribution in [0, 0.1) is 0 Å². The number of carbonyl (C=O) groups is 1. The summed E-state index contributed by atoms with van der Waals surface area (Å²) in [6, 6.07) is 0. The van der Waals surface area contributed by atoms with Crippen molar-refractivity contribution in [3.8, 4) is 0 Å².